The second-order valence-corrected chi connectivity index (χ2v) is 9.00. The Kier molecular flexibility index (Phi) is 5.89. The standard InChI is InChI=1S/C26H29N3O5/c1-27-10-12-28(13-11-27)14-16(30)15-29-23-17-6-4-5-7-18(17)24(31)21(23)19-8-9-20(33-2)25(34-3)22(19)26(29)32/h4-9,16,30H,10-15H2,1-3H3/t16-/m0/s1. The lowest BCUT2D eigenvalue weighted by Gasteiger charge is -2.33. The van der Waals surface area contributed by atoms with Gasteiger partial charge in [-0.3, -0.25) is 14.5 Å². The normalized spacial score (nSPS) is 17.0. The van der Waals surface area contributed by atoms with Crippen molar-refractivity contribution >= 4 is 16.6 Å². The molecule has 178 valence electrons. The van der Waals surface area contributed by atoms with Crippen molar-refractivity contribution < 1.29 is 19.4 Å². The molecule has 0 spiro atoms. The van der Waals surface area contributed by atoms with E-state index in [4.69, 9.17) is 9.47 Å². The molecule has 1 aliphatic heterocycles. The summed E-state index contributed by atoms with van der Waals surface area (Å²) in [6.07, 6.45) is -0.776. The maximum absolute atomic E-state index is 13.9. The number of aliphatic hydroxyl groups is 1. The molecule has 1 aliphatic carbocycles. The van der Waals surface area contributed by atoms with Crippen molar-refractivity contribution in [2.75, 3.05) is 54.0 Å². The van der Waals surface area contributed by atoms with Gasteiger partial charge in [-0.25, -0.2) is 0 Å². The molecule has 1 saturated heterocycles. The minimum Gasteiger partial charge on any atom is -0.493 e. The summed E-state index contributed by atoms with van der Waals surface area (Å²) in [6, 6.07) is 10.8. The van der Waals surface area contributed by atoms with Gasteiger partial charge in [-0.1, -0.05) is 24.3 Å². The van der Waals surface area contributed by atoms with Gasteiger partial charge < -0.3 is 24.0 Å². The fourth-order valence-corrected chi connectivity index (χ4v) is 5.15. The number of hydrogen-bond donors (Lipinski definition) is 1. The zero-order valence-electron chi connectivity index (χ0n) is 19.7. The Hall–Kier alpha value is -3.20. The molecule has 1 N–H and O–H groups in total. The van der Waals surface area contributed by atoms with Crippen LogP contribution in [0.4, 0.5) is 0 Å². The molecule has 2 heterocycles. The van der Waals surface area contributed by atoms with Gasteiger partial charge in [0.1, 0.15) is 0 Å². The van der Waals surface area contributed by atoms with Crippen molar-refractivity contribution in [1.29, 1.82) is 0 Å². The number of likely N-dealkylation sites (N-methyl/N-ethyl adjacent to an activating group) is 1. The van der Waals surface area contributed by atoms with Crippen molar-refractivity contribution in [2.24, 2.45) is 0 Å². The maximum Gasteiger partial charge on any atom is 0.262 e. The quantitative estimate of drug-likeness (QED) is 0.467. The number of hydrogen-bond acceptors (Lipinski definition) is 7. The number of nitrogens with zero attached hydrogens (tertiary/aromatic N) is 3. The Morgan fingerprint density at radius 2 is 1.65 bits per heavy atom. The van der Waals surface area contributed by atoms with Gasteiger partial charge >= 0.3 is 0 Å². The highest BCUT2D eigenvalue weighted by Gasteiger charge is 2.34. The highest BCUT2D eigenvalue weighted by atomic mass is 16.5. The zero-order chi connectivity index (χ0) is 24.0. The van der Waals surface area contributed by atoms with Gasteiger partial charge in [0, 0.05) is 49.2 Å². The number of benzene rings is 2. The molecule has 0 amide bonds. The van der Waals surface area contributed by atoms with Gasteiger partial charge in [-0.15, -0.1) is 0 Å². The number of rotatable bonds is 6. The third-order valence-electron chi connectivity index (χ3n) is 6.89. The Morgan fingerprint density at radius 1 is 0.941 bits per heavy atom. The second kappa shape index (κ2) is 8.87. The number of methoxy groups -OCH3 is 2. The highest BCUT2D eigenvalue weighted by molar-refractivity contribution is 6.27. The second-order valence-electron chi connectivity index (χ2n) is 9.00. The maximum atomic E-state index is 13.9. The molecule has 1 fully saturated rings. The van der Waals surface area contributed by atoms with E-state index >= 15 is 0 Å². The Morgan fingerprint density at radius 3 is 2.32 bits per heavy atom. The average molecular weight is 464 g/mol. The van der Waals surface area contributed by atoms with E-state index in [-0.39, 0.29) is 23.3 Å². The third kappa shape index (κ3) is 3.58. The Balaban J connectivity index is 1.67. The molecular weight excluding hydrogens is 434 g/mol. The van der Waals surface area contributed by atoms with Gasteiger partial charge in [0.25, 0.3) is 5.56 Å². The van der Waals surface area contributed by atoms with Gasteiger partial charge in [-0.2, -0.15) is 0 Å². The smallest absolute Gasteiger partial charge is 0.262 e. The van der Waals surface area contributed by atoms with E-state index in [9.17, 15) is 14.7 Å². The monoisotopic (exact) mass is 463 g/mol. The van der Waals surface area contributed by atoms with Crippen LogP contribution in [0.5, 0.6) is 11.5 Å². The number of ketones is 1. The van der Waals surface area contributed by atoms with Crippen LogP contribution in [0.15, 0.2) is 41.2 Å². The Labute approximate surface area is 197 Å². The van der Waals surface area contributed by atoms with E-state index in [0.29, 0.717) is 45.8 Å². The first kappa shape index (κ1) is 22.6. The number of piperazine rings is 1. The van der Waals surface area contributed by atoms with Crippen molar-refractivity contribution in [2.45, 2.75) is 12.6 Å². The lowest BCUT2D eigenvalue weighted by Crippen LogP contribution is -2.48. The van der Waals surface area contributed by atoms with Crippen LogP contribution in [0.1, 0.15) is 15.9 Å². The zero-order valence-corrected chi connectivity index (χ0v) is 19.7. The number of pyridine rings is 1. The lowest BCUT2D eigenvalue weighted by atomic mass is 10.0. The SMILES string of the molecule is COc1ccc2c3c(n(C[C@@H](O)CN4CCN(C)CC4)c(=O)c2c1OC)-c1ccccc1C3=O. The van der Waals surface area contributed by atoms with E-state index in [1.165, 1.54) is 14.2 Å². The van der Waals surface area contributed by atoms with E-state index < -0.39 is 6.10 Å². The molecule has 2 aliphatic rings. The van der Waals surface area contributed by atoms with E-state index in [1.54, 1.807) is 22.8 Å². The molecule has 1 aromatic heterocycles. The van der Waals surface area contributed by atoms with Crippen molar-refractivity contribution in [3.8, 4) is 22.8 Å². The number of aromatic nitrogens is 1. The third-order valence-corrected chi connectivity index (χ3v) is 6.89. The molecule has 2 aromatic carbocycles. The Bertz CT molecular complexity index is 1320. The number of aliphatic hydroxyl groups excluding tert-OH is 1. The van der Waals surface area contributed by atoms with Crippen LogP contribution in [0.25, 0.3) is 22.0 Å². The van der Waals surface area contributed by atoms with Crippen LogP contribution in [0.3, 0.4) is 0 Å². The lowest BCUT2D eigenvalue weighted by molar-refractivity contribution is 0.0708. The van der Waals surface area contributed by atoms with E-state index in [1.807, 2.05) is 18.2 Å². The van der Waals surface area contributed by atoms with Crippen LogP contribution < -0.4 is 15.0 Å². The molecule has 5 rings (SSSR count). The van der Waals surface area contributed by atoms with Gasteiger partial charge in [0.05, 0.1) is 43.5 Å². The summed E-state index contributed by atoms with van der Waals surface area (Å²) >= 11 is 0. The first-order valence-corrected chi connectivity index (χ1v) is 11.5. The molecule has 0 radical (unpaired) electrons. The van der Waals surface area contributed by atoms with Crippen molar-refractivity contribution in [1.82, 2.24) is 14.4 Å². The predicted octanol–water partition coefficient (Wildman–Crippen LogP) is 1.84. The number of carbonyl (C=O) groups excluding carboxylic acids is 1. The van der Waals surface area contributed by atoms with Gasteiger partial charge in [0.2, 0.25) is 0 Å². The largest absolute Gasteiger partial charge is 0.493 e. The van der Waals surface area contributed by atoms with E-state index in [2.05, 4.69) is 16.8 Å². The number of fused-ring (bicyclic) bond motifs is 5. The van der Waals surface area contributed by atoms with Gasteiger partial charge in [-0.05, 0) is 19.2 Å². The molecule has 8 nitrogen and oxygen atoms in total. The summed E-state index contributed by atoms with van der Waals surface area (Å²) in [4.78, 5) is 31.9. The minimum atomic E-state index is -0.776. The van der Waals surface area contributed by atoms with Crippen LogP contribution in [0.2, 0.25) is 0 Å². The molecule has 0 bridgehead atoms. The number of ether oxygens (including phenoxy) is 2. The average Bonchev–Trinajstić information content (AvgIpc) is 3.14. The fraction of sp³-hybridized carbons (Fsp3) is 0.385. The molecule has 34 heavy (non-hydrogen) atoms. The van der Waals surface area contributed by atoms with E-state index in [0.717, 1.165) is 26.2 Å². The molecule has 1 atom stereocenters. The van der Waals surface area contributed by atoms with Crippen molar-refractivity contribution in [3.05, 3.63) is 57.9 Å². The molecule has 0 saturated carbocycles. The highest BCUT2D eigenvalue weighted by Crippen LogP contribution is 2.43. The molecule has 0 unspecified atom stereocenters. The summed E-state index contributed by atoms with van der Waals surface area (Å²) in [7, 11) is 5.07. The topological polar surface area (TPSA) is 84.2 Å². The molecular formula is C26H29N3O5. The van der Waals surface area contributed by atoms with Crippen LogP contribution in [-0.4, -0.2) is 85.4 Å². The molecule has 8 heteroatoms. The first-order chi connectivity index (χ1) is 16.4. The predicted molar refractivity (Wildman–Crippen MR) is 130 cm³/mol. The summed E-state index contributed by atoms with van der Waals surface area (Å²) in [6.45, 7) is 4.15. The molecule has 3 aromatic rings. The summed E-state index contributed by atoms with van der Waals surface area (Å²) in [5, 5.41) is 11.9. The first-order valence-electron chi connectivity index (χ1n) is 11.5. The summed E-state index contributed by atoms with van der Waals surface area (Å²) in [5.74, 6) is 0.573. The summed E-state index contributed by atoms with van der Waals surface area (Å²) < 4.78 is 12.5. The fourth-order valence-electron chi connectivity index (χ4n) is 5.15. The number of carbonyl (C=O) groups is 1. The van der Waals surface area contributed by atoms with Crippen LogP contribution >= 0.6 is 0 Å². The van der Waals surface area contributed by atoms with Crippen molar-refractivity contribution in [3.63, 3.8) is 0 Å². The van der Waals surface area contributed by atoms with Gasteiger partial charge in [0.15, 0.2) is 17.3 Å². The van der Waals surface area contributed by atoms with Crippen LogP contribution in [0, 0.1) is 0 Å². The summed E-state index contributed by atoms with van der Waals surface area (Å²) in [5.41, 5.74) is 1.97. The van der Waals surface area contributed by atoms with Crippen LogP contribution in [-0.2, 0) is 6.54 Å². The minimum absolute atomic E-state index is 0.0748. The number of β-amino-alcohol motifs (C(OH)–C–C–N with tert-alkyl or cyclic N) is 1.